The highest BCUT2D eigenvalue weighted by atomic mass is 19.1. The van der Waals surface area contributed by atoms with Crippen molar-refractivity contribution in [3.8, 4) is 17.2 Å². The van der Waals surface area contributed by atoms with Crippen molar-refractivity contribution in [1.29, 1.82) is 5.26 Å². The maximum atomic E-state index is 14.4. The summed E-state index contributed by atoms with van der Waals surface area (Å²) in [5, 5.41) is 9.22. The van der Waals surface area contributed by atoms with Gasteiger partial charge in [0.25, 0.3) is 0 Å². The Kier molecular flexibility index (Phi) is 4.18. The Balaban J connectivity index is 2.09. The van der Waals surface area contributed by atoms with Gasteiger partial charge >= 0.3 is 7.12 Å². The molecule has 0 bridgehead atoms. The Hall–Kier alpha value is -2.23. The molecule has 1 heterocycles. The van der Waals surface area contributed by atoms with Crippen LogP contribution in [0.3, 0.4) is 0 Å². The molecule has 6 heteroatoms. The van der Waals surface area contributed by atoms with Gasteiger partial charge in [-0.2, -0.15) is 5.26 Å². The molecule has 0 atom stereocenters. The minimum absolute atomic E-state index is 0.0156. The summed E-state index contributed by atoms with van der Waals surface area (Å²) in [5.41, 5.74) is -0.473. The number of nitriles is 1. The van der Waals surface area contributed by atoms with Crippen molar-refractivity contribution < 1.29 is 18.1 Å². The van der Waals surface area contributed by atoms with Crippen molar-refractivity contribution in [3.63, 3.8) is 0 Å². The Morgan fingerprint density at radius 3 is 2.20 bits per heavy atom. The van der Waals surface area contributed by atoms with Crippen LogP contribution in [0.2, 0.25) is 0 Å². The fraction of sp³-hybridized carbons (Fsp3) is 0.316. The quantitative estimate of drug-likeness (QED) is 0.781. The van der Waals surface area contributed by atoms with Crippen LogP contribution in [0, 0.1) is 23.0 Å². The number of nitrogens with zero attached hydrogens (tertiary/aromatic N) is 1. The van der Waals surface area contributed by atoms with Crippen LogP contribution in [0.4, 0.5) is 8.78 Å². The smallest absolute Gasteiger partial charge is 0.399 e. The summed E-state index contributed by atoms with van der Waals surface area (Å²) in [6.45, 7) is 7.67. The van der Waals surface area contributed by atoms with Crippen LogP contribution >= 0.6 is 0 Å². The van der Waals surface area contributed by atoms with E-state index in [1.807, 2.05) is 33.8 Å². The van der Waals surface area contributed by atoms with Crippen LogP contribution in [-0.2, 0) is 9.31 Å². The van der Waals surface area contributed by atoms with E-state index < -0.39 is 30.0 Å². The van der Waals surface area contributed by atoms with E-state index in [4.69, 9.17) is 9.31 Å². The van der Waals surface area contributed by atoms with Crippen molar-refractivity contribution in [2.24, 2.45) is 0 Å². The summed E-state index contributed by atoms with van der Waals surface area (Å²) >= 11 is 0. The first-order valence-electron chi connectivity index (χ1n) is 8.00. The number of hydrogen-bond donors (Lipinski definition) is 0. The van der Waals surface area contributed by atoms with Gasteiger partial charge in [-0.25, -0.2) is 8.78 Å². The largest absolute Gasteiger partial charge is 0.494 e. The second kappa shape index (κ2) is 5.94. The summed E-state index contributed by atoms with van der Waals surface area (Å²) < 4.78 is 40.6. The van der Waals surface area contributed by atoms with E-state index in [1.54, 1.807) is 6.07 Å². The number of benzene rings is 2. The predicted octanol–water partition coefficient (Wildman–Crippen LogP) is 3.80. The van der Waals surface area contributed by atoms with E-state index >= 15 is 0 Å². The normalized spacial score (nSPS) is 18.2. The Bertz CT molecular complexity index is 858. The molecule has 1 saturated heterocycles. The van der Waals surface area contributed by atoms with Crippen LogP contribution in [0.1, 0.15) is 33.3 Å². The molecule has 2 aromatic carbocycles. The van der Waals surface area contributed by atoms with Crippen molar-refractivity contribution >= 4 is 12.6 Å². The average Bonchev–Trinajstić information content (AvgIpc) is 2.76. The highest BCUT2D eigenvalue weighted by Crippen LogP contribution is 2.37. The summed E-state index contributed by atoms with van der Waals surface area (Å²) in [4.78, 5) is 0. The molecule has 2 aromatic rings. The predicted molar refractivity (Wildman–Crippen MR) is 92.2 cm³/mol. The zero-order chi connectivity index (χ0) is 18.4. The van der Waals surface area contributed by atoms with Gasteiger partial charge in [-0.05, 0) is 51.4 Å². The maximum Gasteiger partial charge on any atom is 0.494 e. The maximum absolute atomic E-state index is 14.4. The zero-order valence-electron chi connectivity index (χ0n) is 14.6. The molecule has 3 nitrogen and oxygen atoms in total. The summed E-state index contributed by atoms with van der Waals surface area (Å²) in [7, 11) is -0.693. The van der Waals surface area contributed by atoms with Gasteiger partial charge in [0.1, 0.15) is 11.6 Å². The van der Waals surface area contributed by atoms with Crippen molar-refractivity contribution in [2.75, 3.05) is 0 Å². The molecule has 0 aliphatic carbocycles. The third-order valence-corrected chi connectivity index (χ3v) is 4.92. The van der Waals surface area contributed by atoms with Gasteiger partial charge in [0.15, 0.2) is 0 Å². The zero-order valence-corrected chi connectivity index (χ0v) is 14.6. The third-order valence-electron chi connectivity index (χ3n) is 4.92. The van der Waals surface area contributed by atoms with Gasteiger partial charge < -0.3 is 9.31 Å². The lowest BCUT2D eigenvalue weighted by Crippen LogP contribution is -2.41. The SMILES string of the molecule is CC1(C)OB(c2ccc(F)c(-c3c(F)cccc3C#N)c2)OC1(C)C. The first kappa shape index (κ1) is 17.6. The molecule has 0 N–H and O–H groups in total. The minimum Gasteiger partial charge on any atom is -0.399 e. The summed E-state index contributed by atoms with van der Waals surface area (Å²) in [5.74, 6) is -1.26. The Morgan fingerprint density at radius 2 is 1.60 bits per heavy atom. The molecule has 0 unspecified atom stereocenters. The van der Waals surface area contributed by atoms with Gasteiger partial charge in [0.2, 0.25) is 0 Å². The molecule has 1 fully saturated rings. The van der Waals surface area contributed by atoms with Crippen molar-refractivity contribution in [3.05, 3.63) is 53.6 Å². The first-order valence-corrected chi connectivity index (χ1v) is 8.00. The number of rotatable bonds is 2. The lowest BCUT2D eigenvalue weighted by atomic mass is 9.77. The van der Waals surface area contributed by atoms with E-state index in [2.05, 4.69) is 0 Å². The molecular weight excluding hydrogens is 323 g/mol. The van der Waals surface area contributed by atoms with Crippen LogP contribution in [0.5, 0.6) is 0 Å². The molecule has 1 aliphatic heterocycles. The molecule has 3 rings (SSSR count). The first-order chi connectivity index (χ1) is 11.7. The van der Waals surface area contributed by atoms with Gasteiger partial charge in [-0.15, -0.1) is 0 Å². The van der Waals surface area contributed by atoms with Gasteiger partial charge in [0.05, 0.1) is 22.8 Å². The van der Waals surface area contributed by atoms with Gasteiger partial charge in [-0.1, -0.05) is 18.2 Å². The molecule has 0 aromatic heterocycles. The fourth-order valence-electron chi connectivity index (χ4n) is 2.75. The van der Waals surface area contributed by atoms with Crippen LogP contribution in [-0.4, -0.2) is 18.3 Å². The second-order valence-corrected chi connectivity index (χ2v) is 7.10. The standard InChI is InChI=1S/C19H18BF2NO2/c1-18(2)19(3,4)25-20(24-18)13-8-9-15(21)14(10-13)17-12(11-23)6-5-7-16(17)22/h5-10H,1-4H3. The monoisotopic (exact) mass is 341 g/mol. The molecule has 0 radical (unpaired) electrons. The van der Waals surface area contributed by atoms with Crippen LogP contribution in [0.25, 0.3) is 11.1 Å². The summed E-state index contributed by atoms with van der Waals surface area (Å²) in [6.07, 6.45) is 0. The molecule has 128 valence electrons. The third kappa shape index (κ3) is 2.94. The van der Waals surface area contributed by atoms with Crippen LogP contribution < -0.4 is 5.46 Å². The molecule has 0 saturated carbocycles. The number of halogens is 2. The fourth-order valence-corrected chi connectivity index (χ4v) is 2.75. The molecule has 25 heavy (non-hydrogen) atoms. The lowest BCUT2D eigenvalue weighted by Gasteiger charge is -2.32. The summed E-state index contributed by atoms with van der Waals surface area (Å²) in [6, 6.07) is 10.3. The van der Waals surface area contributed by atoms with E-state index in [0.29, 0.717) is 5.46 Å². The van der Waals surface area contributed by atoms with Gasteiger partial charge in [-0.3, -0.25) is 0 Å². The average molecular weight is 341 g/mol. The van der Waals surface area contributed by atoms with Crippen molar-refractivity contribution in [2.45, 2.75) is 38.9 Å². The molecule has 0 spiro atoms. The Labute approximate surface area is 146 Å². The second-order valence-electron chi connectivity index (χ2n) is 7.10. The highest BCUT2D eigenvalue weighted by Gasteiger charge is 2.51. The molecule has 1 aliphatic rings. The van der Waals surface area contributed by atoms with Gasteiger partial charge in [0, 0.05) is 11.1 Å². The number of hydrogen-bond acceptors (Lipinski definition) is 3. The van der Waals surface area contributed by atoms with Crippen LogP contribution in [0.15, 0.2) is 36.4 Å². The lowest BCUT2D eigenvalue weighted by molar-refractivity contribution is 0.00578. The Morgan fingerprint density at radius 1 is 0.960 bits per heavy atom. The van der Waals surface area contributed by atoms with Crippen molar-refractivity contribution in [1.82, 2.24) is 0 Å². The van der Waals surface area contributed by atoms with E-state index in [-0.39, 0.29) is 16.7 Å². The molecular formula is C19H18BF2NO2. The topological polar surface area (TPSA) is 42.2 Å². The minimum atomic E-state index is -0.693. The van der Waals surface area contributed by atoms with E-state index in [0.717, 1.165) is 0 Å². The van der Waals surface area contributed by atoms with E-state index in [9.17, 15) is 14.0 Å². The highest BCUT2D eigenvalue weighted by molar-refractivity contribution is 6.62. The van der Waals surface area contributed by atoms with E-state index in [1.165, 1.54) is 30.3 Å². The molecule has 0 amide bonds.